The minimum absolute atomic E-state index is 0.483. The van der Waals surface area contributed by atoms with Crippen LogP contribution in [0.2, 0.25) is 0 Å². The summed E-state index contributed by atoms with van der Waals surface area (Å²) < 4.78 is 29.6. The van der Waals surface area contributed by atoms with Crippen molar-refractivity contribution in [1.29, 1.82) is 0 Å². The van der Waals surface area contributed by atoms with Crippen LogP contribution in [-0.4, -0.2) is 18.0 Å². The van der Waals surface area contributed by atoms with Gasteiger partial charge in [-0.1, -0.05) is 24.3 Å². The summed E-state index contributed by atoms with van der Waals surface area (Å²) in [5, 5.41) is 2.66. The normalized spacial score (nSPS) is 12.3. The van der Waals surface area contributed by atoms with Crippen molar-refractivity contribution in [3.63, 3.8) is 0 Å². The molecule has 0 bridgehead atoms. The second-order valence-corrected chi connectivity index (χ2v) is 4.58. The van der Waals surface area contributed by atoms with Crippen LogP contribution in [0.15, 0.2) is 41.9 Å². The Balaban J connectivity index is 2.44. The van der Waals surface area contributed by atoms with Gasteiger partial charge in [0.2, 0.25) is 0 Å². The van der Waals surface area contributed by atoms with Crippen LogP contribution in [0.1, 0.15) is 5.69 Å². The zero-order chi connectivity index (χ0) is 11.6. The molecule has 2 aromatic rings. The van der Waals surface area contributed by atoms with E-state index in [0.29, 0.717) is 11.1 Å². The molecule has 1 N–H and O–H groups in total. The lowest BCUT2D eigenvalue weighted by molar-refractivity contribution is 0.494. The van der Waals surface area contributed by atoms with Crippen molar-refractivity contribution in [3.05, 3.63) is 47.6 Å². The Kier molecular flexibility index (Phi) is 2.72. The minimum Gasteiger partial charge on any atom is -0.282 e. The van der Waals surface area contributed by atoms with E-state index in [0.717, 1.165) is 10.8 Å². The van der Waals surface area contributed by atoms with Crippen LogP contribution in [0.3, 0.4) is 0 Å². The van der Waals surface area contributed by atoms with E-state index in [-0.39, 0.29) is 0 Å². The van der Waals surface area contributed by atoms with E-state index in [1.54, 1.807) is 12.3 Å². The van der Waals surface area contributed by atoms with E-state index >= 15 is 0 Å². The Morgan fingerprint density at radius 3 is 2.56 bits per heavy atom. The molecule has 1 heterocycles. The zero-order valence-corrected chi connectivity index (χ0v) is 9.05. The van der Waals surface area contributed by atoms with Crippen LogP contribution in [0, 0.1) is 0 Å². The molecule has 0 aliphatic rings. The zero-order valence-electron chi connectivity index (χ0n) is 8.24. The molecule has 16 heavy (non-hydrogen) atoms. The van der Waals surface area contributed by atoms with Crippen LogP contribution in [0.25, 0.3) is 16.8 Å². The summed E-state index contributed by atoms with van der Waals surface area (Å²) in [4.78, 5) is 4.05. The number of rotatable bonds is 2. The molecule has 1 aromatic heterocycles. The van der Waals surface area contributed by atoms with Gasteiger partial charge in [0.05, 0.1) is 11.1 Å². The van der Waals surface area contributed by atoms with Gasteiger partial charge in [-0.15, -0.1) is 0 Å². The lowest BCUT2D eigenvalue weighted by Gasteiger charge is -1.97. The number of hydrogen-bond acceptors (Lipinski definition) is 3. The molecule has 0 saturated heterocycles. The van der Waals surface area contributed by atoms with Crippen LogP contribution >= 0.6 is 0 Å². The molecule has 0 saturated carbocycles. The van der Waals surface area contributed by atoms with Gasteiger partial charge >= 0.3 is 0 Å². The Hall–Kier alpha value is -1.72. The van der Waals surface area contributed by atoms with Gasteiger partial charge in [0.25, 0.3) is 10.1 Å². The highest BCUT2D eigenvalue weighted by Crippen LogP contribution is 2.14. The summed E-state index contributed by atoms with van der Waals surface area (Å²) in [5.41, 5.74) is 0.483. The van der Waals surface area contributed by atoms with Crippen molar-refractivity contribution in [1.82, 2.24) is 4.98 Å². The first kappa shape index (κ1) is 10.8. The molecule has 0 aliphatic carbocycles. The molecular weight excluding hydrogens is 226 g/mol. The van der Waals surface area contributed by atoms with Crippen molar-refractivity contribution in [2.24, 2.45) is 0 Å². The maximum absolute atomic E-state index is 10.5. The topological polar surface area (TPSA) is 67.3 Å². The first-order valence-electron chi connectivity index (χ1n) is 4.55. The highest BCUT2D eigenvalue weighted by Gasteiger charge is 1.98. The SMILES string of the molecule is O=S(=O)(O)/C=C/c1cc2ccccc2cn1. The number of hydrogen-bond donors (Lipinski definition) is 1. The van der Waals surface area contributed by atoms with E-state index < -0.39 is 10.1 Å². The third-order valence-electron chi connectivity index (χ3n) is 2.06. The highest BCUT2D eigenvalue weighted by atomic mass is 32.2. The fraction of sp³-hybridized carbons (Fsp3) is 0. The van der Waals surface area contributed by atoms with Gasteiger partial charge in [-0.3, -0.25) is 9.54 Å². The summed E-state index contributed by atoms with van der Waals surface area (Å²) in [6.07, 6.45) is 2.90. The minimum atomic E-state index is -4.10. The molecule has 0 aliphatic heterocycles. The van der Waals surface area contributed by atoms with E-state index in [1.165, 1.54) is 6.08 Å². The van der Waals surface area contributed by atoms with Gasteiger partial charge in [-0.25, -0.2) is 0 Å². The quantitative estimate of drug-likeness (QED) is 0.809. The average Bonchev–Trinajstić information content (AvgIpc) is 2.25. The number of aromatic nitrogens is 1. The molecule has 0 fully saturated rings. The van der Waals surface area contributed by atoms with Gasteiger partial charge in [-0.2, -0.15) is 8.42 Å². The van der Waals surface area contributed by atoms with Gasteiger partial charge < -0.3 is 0 Å². The van der Waals surface area contributed by atoms with Crippen molar-refractivity contribution >= 4 is 27.0 Å². The molecule has 0 spiro atoms. The van der Waals surface area contributed by atoms with Crippen molar-refractivity contribution in [2.45, 2.75) is 0 Å². The summed E-state index contributed by atoms with van der Waals surface area (Å²) in [5.74, 6) is 0. The molecule has 0 amide bonds. The molecular formula is C11H9NO3S. The smallest absolute Gasteiger partial charge is 0.282 e. The fourth-order valence-corrected chi connectivity index (χ4v) is 1.66. The number of benzene rings is 1. The van der Waals surface area contributed by atoms with E-state index in [2.05, 4.69) is 4.98 Å². The van der Waals surface area contributed by atoms with Gasteiger partial charge in [0.15, 0.2) is 0 Å². The number of pyridine rings is 1. The van der Waals surface area contributed by atoms with Crippen LogP contribution in [-0.2, 0) is 10.1 Å². The van der Waals surface area contributed by atoms with Crippen LogP contribution < -0.4 is 0 Å². The predicted molar refractivity (Wildman–Crippen MR) is 62.3 cm³/mol. The highest BCUT2D eigenvalue weighted by molar-refractivity contribution is 7.88. The average molecular weight is 235 g/mol. The maximum atomic E-state index is 10.5. The second kappa shape index (κ2) is 4.03. The van der Waals surface area contributed by atoms with Gasteiger partial charge in [-0.05, 0) is 17.5 Å². The second-order valence-electron chi connectivity index (χ2n) is 3.27. The first-order valence-corrected chi connectivity index (χ1v) is 6.05. The largest absolute Gasteiger partial charge is 0.287 e. The lowest BCUT2D eigenvalue weighted by Crippen LogP contribution is -1.89. The number of nitrogens with zero attached hydrogens (tertiary/aromatic N) is 1. The van der Waals surface area contributed by atoms with Crippen molar-refractivity contribution < 1.29 is 13.0 Å². The van der Waals surface area contributed by atoms with Crippen LogP contribution in [0.5, 0.6) is 0 Å². The van der Waals surface area contributed by atoms with Gasteiger partial charge in [0, 0.05) is 11.6 Å². The van der Waals surface area contributed by atoms with E-state index in [4.69, 9.17) is 4.55 Å². The van der Waals surface area contributed by atoms with Gasteiger partial charge in [0.1, 0.15) is 0 Å². The molecule has 1 aromatic carbocycles. The molecule has 0 unspecified atom stereocenters. The summed E-state index contributed by atoms with van der Waals surface area (Å²) in [6.45, 7) is 0. The van der Waals surface area contributed by atoms with E-state index in [1.807, 2.05) is 24.3 Å². The maximum Gasteiger partial charge on any atom is 0.287 e. The van der Waals surface area contributed by atoms with Crippen LogP contribution in [0.4, 0.5) is 0 Å². The van der Waals surface area contributed by atoms with Crippen molar-refractivity contribution in [2.75, 3.05) is 0 Å². The standard InChI is InChI=1S/C11H9NO3S/c13-16(14,15)6-5-11-7-9-3-1-2-4-10(9)8-12-11/h1-8H,(H,13,14,15)/b6-5+. The monoisotopic (exact) mass is 235 g/mol. The summed E-state index contributed by atoms with van der Waals surface area (Å²) in [7, 11) is -4.10. The number of fused-ring (bicyclic) bond motifs is 1. The summed E-state index contributed by atoms with van der Waals surface area (Å²) in [6, 6.07) is 9.35. The Bertz CT molecular complexity index is 647. The van der Waals surface area contributed by atoms with Crippen molar-refractivity contribution in [3.8, 4) is 0 Å². The molecule has 2 rings (SSSR count). The first-order chi connectivity index (χ1) is 7.54. The summed E-state index contributed by atoms with van der Waals surface area (Å²) >= 11 is 0. The Morgan fingerprint density at radius 2 is 1.88 bits per heavy atom. The molecule has 82 valence electrons. The molecule has 0 atom stereocenters. The lowest BCUT2D eigenvalue weighted by atomic mass is 10.1. The molecule has 4 nitrogen and oxygen atoms in total. The predicted octanol–water partition coefficient (Wildman–Crippen LogP) is 2.09. The third kappa shape index (κ3) is 2.65. The molecule has 5 heteroatoms. The molecule has 0 radical (unpaired) electrons. The Morgan fingerprint density at radius 1 is 1.19 bits per heavy atom. The Labute approximate surface area is 93.0 Å². The van der Waals surface area contributed by atoms with E-state index in [9.17, 15) is 8.42 Å². The fourth-order valence-electron chi connectivity index (χ4n) is 1.35. The third-order valence-corrected chi connectivity index (χ3v) is 2.54.